The molecule has 1 aliphatic rings. The lowest BCUT2D eigenvalue weighted by molar-refractivity contribution is -0.139. The molecule has 1 aliphatic carbocycles. The Kier molecular flexibility index (Phi) is 9.18. The first kappa shape index (κ1) is 27.0. The molecule has 2 amide bonds. The molecule has 1 saturated carbocycles. The van der Waals surface area contributed by atoms with E-state index in [0.29, 0.717) is 15.9 Å². The van der Waals surface area contributed by atoms with E-state index in [1.807, 2.05) is 12.1 Å². The highest BCUT2D eigenvalue weighted by Gasteiger charge is 2.31. The van der Waals surface area contributed by atoms with Gasteiger partial charge in [-0.3, -0.25) is 13.9 Å². The van der Waals surface area contributed by atoms with Crippen molar-refractivity contribution in [1.29, 1.82) is 0 Å². The summed E-state index contributed by atoms with van der Waals surface area (Å²) >= 11 is 3.38. The second-order valence-electron chi connectivity index (χ2n) is 8.76. The molecule has 0 aliphatic heterocycles. The molecule has 0 saturated heterocycles. The Labute approximate surface area is 215 Å². The Balaban J connectivity index is 1.90. The van der Waals surface area contributed by atoms with E-state index in [1.165, 1.54) is 4.90 Å². The first-order valence-corrected chi connectivity index (χ1v) is 14.2. The molecule has 2 aromatic carbocycles. The number of methoxy groups -OCH3 is 1. The van der Waals surface area contributed by atoms with Crippen LogP contribution in [-0.4, -0.2) is 57.1 Å². The van der Waals surface area contributed by atoms with Crippen LogP contribution >= 0.6 is 15.9 Å². The molecule has 0 aromatic heterocycles. The van der Waals surface area contributed by atoms with Crippen molar-refractivity contribution in [2.45, 2.75) is 51.2 Å². The molecule has 1 fully saturated rings. The monoisotopic (exact) mass is 565 g/mol. The van der Waals surface area contributed by atoms with Crippen molar-refractivity contribution in [3.05, 3.63) is 58.6 Å². The number of anilines is 1. The third-order valence-electron chi connectivity index (χ3n) is 6.16. The number of ether oxygens (including phenoxy) is 1. The van der Waals surface area contributed by atoms with Crippen LogP contribution in [0.2, 0.25) is 0 Å². The summed E-state index contributed by atoms with van der Waals surface area (Å²) in [5, 5.41) is 3.05. The zero-order valence-electron chi connectivity index (χ0n) is 20.2. The minimum Gasteiger partial charge on any atom is -0.497 e. The Morgan fingerprint density at radius 1 is 1.14 bits per heavy atom. The maximum Gasteiger partial charge on any atom is 0.244 e. The van der Waals surface area contributed by atoms with Crippen LogP contribution in [0.3, 0.4) is 0 Å². The Morgan fingerprint density at radius 3 is 2.46 bits per heavy atom. The molecule has 10 heteroatoms. The molecule has 0 unspecified atom stereocenters. The Bertz CT molecular complexity index is 1150. The first-order chi connectivity index (χ1) is 16.6. The predicted octanol–water partition coefficient (Wildman–Crippen LogP) is 3.70. The minimum absolute atomic E-state index is 0.103. The predicted molar refractivity (Wildman–Crippen MR) is 140 cm³/mol. The number of rotatable bonds is 10. The smallest absolute Gasteiger partial charge is 0.244 e. The number of nitrogens with zero attached hydrogens (tertiary/aromatic N) is 2. The van der Waals surface area contributed by atoms with Crippen molar-refractivity contribution in [3.63, 3.8) is 0 Å². The van der Waals surface area contributed by atoms with Gasteiger partial charge in [-0.25, -0.2) is 8.42 Å². The van der Waals surface area contributed by atoms with Crippen LogP contribution in [0, 0.1) is 0 Å². The molecule has 0 spiro atoms. The van der Waals surface area contributed by atoms with Gasteiger partial charge in [0.15, 0.2) is 0 Å². The van der Waals surface area contributed by atoms with Gasteiger partial charge in [-0.2, -0.15) is 0 Å². The van der Waals surface area contributed by atoms with Crippen LogP contribution in [0.1, 0.15) is 38.2 Å². The lowest BCUT2D eigenvalue weighted by Crippen LogP contribution is -2.52. The normalized spacial score (nSPS) is 14.9. The molecular weight excluding hydrogens is 534 g/mol. The Morgan fingerprint density at radius 2 is 1.83 bits per heavy atom. The van der Waals surface area contributed by atoms with Crippen LogP contribution in [0.15, 0.2) is 53.0 Å². The van der Waals surface area contributed by atoms with Crippen LogP contribution in [0.5, 0.6) is 5.75 Å². The number of nitrogens with one attached hydrogen (secondary N) is 1. The number of amides is 2. The van der Waals surface area contributed by atoms with Crippen LogP contribution in [0.25, 0.3) is 0 Å². The fourth-order valence-electron chi connectivity index (χ4n) is 4.19. The highest BCUT2D eigenvalue weighted by atomic mass is 79.9. The second kappa shape index (κ2) is 11.9. The molecule has 0 radical (unpaired) electrons. The summed E-state index contributed by atoms with van der Waals surface area (Å²) in [5.41, 5.74) is 1.12. The molecule has 0 bridgehead atoms. The summed E-state index contributed by atoms with van der Waals surface area (Å²) in [6.45, 7) is 1.36. The molecule has 2 aromatic rings. The second-order valence-corrected chi connectivity index (χ2v) is 11.5. The van der Waals surface area contributed by atoms with E-state index in [-0.39, 0.29) is 18.5 Å². The van der Waals surface area contributed by atoms with Crippen molar-refractivity contribution >= 4 is 43.5 Å². The van der Waals surface area contributed by atoms with Gasteiger partial charge < -0.3 is 15.0 Å². The highest BCUT2D eigenvalue weighted by Crippen LogP contribution is 2.28. The quantitative estimate of drug-likeness (QED) is 0.473. The van der Waals surface area contributed by atoms with Gasteiger partial charge in [-0.05, 0) is 65.5 Å². The maximum absolute atomic E-state index is 13.6. The topological polar surface area (TPSA) is 96.0 Å². The fourth-order valence-corrected chi connectivity index (χ4v) is 5.67. The highest BCUT2D eigenvalue weighted by molar-refractivity contribution is 9.10. The number of hydrogen-bond acceptors (Lipinski definition) is 5. The number of halogens is 1. The summed E-state index contributed by atoms with van der Waals surface area (Å²) < 4.78 is 32.2. The number of carbonyl (C=O) groups excluding carboxylic acids is 2. The molecule has 0 heterocycles. The fraction of sp³-hybridized carbons (Fsp3) is 0.440. The number of sulfonamides is 1. The van der Waals surface area contributed by atoms with Crippen molar-refractivity contribution < 1.29 is 22.7 Å². The van der Waals surface area contributed by atoms with Crippen molar-refractivity contribution in [2.24, 2.45) is 0 Å². The molecule has 1 atom stereocenters. The van der Waals surface area contributed by atoms with Gasteiger partial charge in [-0.15, -0.1) is 0 Å². The van der Waals surface area contributed by atoms with Gasteiger partial charge in [0.1, 0.15) is 18.3 Å². The van der Waals surface area contributed by atoms with E-state index in [4.69, 9.17) is 4.74 Å². The average Bonchev–Trinajstić information content (AvgIpc) is 3.33. The van der Waals surface area contributed by atoms with E-state index < -0.39 is 28.5 Å². The zero-order chi connectivity index (χ0) is 25.6. The third-order valence-corrected chi connectivity index (χ3v) is 7.95. The standard InChI is InChI=1S/C25H32BrN3O5S/c1-18(25(31)27-20-10-4-5-11-20)28(16-19-9-8-12-21(15-19)34-2)24(30)17-29(35(3,32)33)23-14-7-6-13-22(23)26/h6-9,12-15,18,20H,4-5,10-11,16-17H2,1-3H3,(H,27,31)/t18-/m1/s1. The molecule has 1 N–H and O–H groups in total. The van der Waals surface area contributed by atoms with Crippen molar-refractivity contribution in [3.8, 4) is 5.75 Å². The van der Waals surface area contributed by atoms with Crippen LogP contribution < -0.4 is 14.4 Å². The summed E-state index contributed by atoms with van der Waals surface area (Å²) in [6, 6.07) is 13.4. The summed E-state index contributed by atoms with van der Waals surface area (Å²) in [5.74, 6) is -0.105. The third kappa shape index (κ3) is 7.20. The van der Waals surface area contributed by atoms with Gasteiger partial charge in [0.05, 0.1) is 19.1 Å². The maximum atomic E-state index is 13.6. The van der Waals surface area contributed by atoms with Crippen molar-refractivity contribution in [2.75, 3.05) is 24.2 Å². The number of para-hydroxylation sites is 1. The van der Waals surface area contributed by atoms with E-state index in [1.54, 1.807) is 50.4 Å². The van der Waals surface area contributed by atoms with E-state index >= 15 is 0 Å². The van der Waals surface area contributed by atoms with Crippen LogP contribution in [0.4, 0.5) is 5.69 Å². The Hall–Kier alpha value is -2.59. The summed E-state index contributed by atoms with van der Waals surface area (Å²) in [4.78, 5) is 28.1. The van der Waals surface area contributed by atoms with Gasteiger partial charge in [0.2, 0.25) is 21.8 Å². The van der Waals surface area contributed by atoms with Crippen LogP contribution in [-0.2, 0) is 26.2 Å². The minimum atomic E-state index is -3.78. The molecular formula is C25H32BrN3O5S. The van der Waals surface area contributed by atoms with E-state index in [0.717, 1.165) is 41.8 Å². The van der Waals surface area contributed by atoms with E-state index in [2.05, 4.69) is 21.2 Å². The largest absolute Gasteiger partial charge is 0.497 e. The molecule has 3 rings (SSSR count). The first-order valence-electron chi connectivity index (χ1n) is 11.5. The lowest BCUT2D eigenvalue weighted by Gasteiger charge is -2.32. The van der Waals surface area contributed by atoms with Crippen molar-refractivity contribution in [1.82, 2.24) is 10.2 Å². The van der Waals surface area contributed by atoms with Gasteiger partial charge in [-0.1, -0.05) is 37.1 Å². The number of benzene rings is 2. The SMILES string of the molecule is COc1cccc(CN(C(=O)CN(c2ccccc2Br)S(C)(=O)=O)[C@H](C)C(=O)NC2CCCC2)c1. The van der Waals surface area contributed by atoms with E-state index in [9.17, 15) is 18.0 Å². The molecule has 8 nitrogen and oxygen atoms in total. The average molecular weight is 567 g/mol. The number of carbonyl (C=O) groups is 2. The molecule has 35 heavy (non-hydrogen) atoms. The van der Waals surface area contributed by atoms with Gasteiger partial charge in [0.25, 0.3) is 0 Å². The van der Waals surface area contributed by atoms with Gasteiger partial charge in [0, 0.05) is 17.1 Å². The zero-order valence-corrected chi connectivity index (χ0v) is 22.6. The number of hydrogen-bond donors (Lipinski definition) is 1. The molecule has 190 valence electrons. The van der Waals surface area contributed by atoms with Gasteiger partial charge >= 0.3 is 0 Å². The summed E-state index contributed by atoms with van der Waals surface area (Å²) in [7, 11) is -2.22. The lowest BCUT2D eigenvalue weighted by atomic mass is 10.1. The summed E-state index contributed by atoms with van der Waals surface area (Å²) in [6.07, 6.45) is 5.04.